The van der Waals surface area contributed by atoms with E-state index in [1.165, 1.54) is 40.3 Å². The van der Waals surface area contributed by atoms with Crippen molar-refractivity contribution in [2.24, 2.45) is 0 Å². The first-order valence-electron chi connectivity index (χ1n) is 9.15. The molecule has 0 spiro atoms. The van der Waals surface area contributed by atoms with Crippen LogP contribution >= 0.6 is 11.8 Å². The van der Waals surface area contributed by atoms with Gasteiger partial charge < -0.3 is 4.90 Å². The summed E-state index contributed by atoms with van der Waals surface area (Å²) in [6.07, 6.45) is 0. The van der Waals surface area contributed by atoms with Gasteiger partial charge in [0.05, 0.1) is 10.7 Å². The first-order chi connectivity index (χ1) is 14.2. The smallest absolute Gasteiger partial charge is 0.289 e. The van der Waals surface area contributed by atoms with Crippen LogP contribution < -0.4 is 0 Å². The molecule has 0 saturated carbocycles. The number of nitro groups is 1. The largest absolute Gasteiger partial charge is 0.339 e. The zero-order chi connectivity index (χ0) is 21.9. The molecular formula is C18H21N5O5S2. The molecule has 1 saturated heterocycles. The second kappa shape index (κ2) is 9.06. The fraction of sp³-hybridized carbons (Fsp3) is 0.389. The minimum Gasteiger partial charge on any atom is -0.339 e. The SMILES string of the molecule is Cc1cc(C)nc(SCC(=O)N2CCN(S(=O)(=O)c3ccccc3[N+](=O)[O-])CC2)n1. The van der Waals surface area contributed by atoms with Crippen molar-refractivity contribution in [1.29, 1.82) is 0 Å². The average molecular weight is 452 g/mol. The number of sulfonamides is 1. The highest BCUT2D eigenvalue weighted by atomic mass is 32.2. The number of hydrogen-bond acceptors (Lipinski definition) is 8. The highest BCUT2D eigenvalue weighted by Gasteiger charge is 2.34. The number of aryl methyl sites for hydroxylation is 2. The maximum absolute atomic E-state index is 12.9. The van der Waals surface area contributed by atoms with Crippen LogP contribution in [0.15, 0.2) is 40.4 Å². The van der Waals surface area contributed by atoms with Crippen molar-refractivity contribution in [2.75, 3.05) is 31.9 Å². The minimum absolute atomic E-state index is 0.0742. The molecule has 2 aromatic rings. The van der Waals surface area contributed by atoms with Crippen molar-refractivity contribution in [3.05, 3.63) is 51.8 Å². The minimum atomic E-state index is -4.02. The number of aromatic nitrogens is 2. The lowest BCUT2D eigenvalue weighted by Gasteiger charge is -2.33. The monoisotopic (exact) mass is 451 g/mol. The number of hydrogen-bond donors (Lipinski definition) is 0. The summed E-state index contributed by atoms with van der Waals surface area (Å²) in [5, 5.41) is 11.7. The predicted octanol–water partition coefficient (Wildman–Crippen LogP) is 1.63. The molecule has 30 heavy (non-hydrogen) atoms. The third-order valence-corrected chi connectivity index (χ3v) is 7.34. The van der Waals surface area contributed by atoms with Gasteiger partial charge in [-0.1, -0.05) is 23.9 Å². The number of carbonyl (C=O) groups is 1. The summed E-state index contributed by atoms with van der Waals surface area (Å²) < 4.78 is 26.9. The Labute approximate surface area is 178 Å². The van der Waals surface area contributed by atoms with Crippen molar-refractivity contribution in [3.8, 4) is 0 Å². The second-order valence-corrected chi connectivity index (χ2v) is 9.58. The number of thioether (sulfide) groups is 1. The summed E-state index contributed by atoms with van der Waals surface area (Å²) in [4.78, 5) is 32.8. The van der Waals surface area contributed by atoms with Crippen LogP contribution in [0.25, 0.3) is 0 Å². The Hall–Kier alpha value is -2.57. The van der Waals surface area contributed by atoms with E-state index in [-0.39, 0.29) is 42.7 Å². The van der Waals surface area contributed by atoms with Crippen LogP contribution in [-0.2, 0) is 14.8 Å². The first kappa shape index (κ1) is 22.1. The Morgan fingerprint density at radius 2 is 1.73 bits per heavy atom. The second-order valence-electron chi connectivity index (χ2n) is 6.73. The van der Waals surface area contributed by atoms with E-state index in [0.717, 1.165) is 11.4 Å². The molecule has 2 heterocycles. The molecule has 0 aliphatic carbocycles. The number of amides is 1. The van der Waals surface area contributed by atoms with Gasteiger partial charge in [0, 0.05) is 43.6 Å². The summed E-state index contributed by atoms with van der Waals surface area (Å²) in [5.74, 6) is 0.0188. The Bertz CT molecular complexity index is 1050. The zero-order valence-electron chi connectivity index (χ0n) is 16.5. The molecule has 1 aromatic heterocycles. The summed E-state index contributed by atoms with van der Waals surface area (Å²) in [6.45, 7) is 4.30. The van der Waals surface area contributed by atoms with Crippen molar-refractivity contribution in [2.45, 2.75) is 23.9 Å². The van der Waals surface area contributed by atoms with Crippen molar-refractivity contribution in [1.82, 2.24) is 19.2 Å². The molecule has 1 aromatic carbocycles. The highest BCUT2D eigenvalue weighted by molar-refractivity contribution is 7.99. The van der Waals surface area contributed by atoms with Gasteiger partial charge in [-0.15, -0.1) is 0 Å². The standard InChI is InChI=1S/C18H21N5O5S2/c1-13-11-14(2)20-18(19-13)29-12-17(24)21-7-9-22(10-8-21)30(27,28)16-6-4-3-5-15(16)23(25)26/h3-6,11H,7-10,12H2,1-2H3. The van der Waals surface area contributed by atoms with Gasteiger partial charge in [0.1, 0.15) is 0 Å². The van der Waals surface area contributed by atoms with E-state index in [1.54, 1.807) is 4.90 Å². The number of nitro benzene ring substituents is 1. The Morgan fingerprint density at radius 1 is 1.13 bits per heavy atom. The highest BCUT2D eigenvalue weighted by Crippen LogP contribution is 2.27. The quantitative estimate of drug-likeness (QED) is 0.281. The average Bonchev–Trinajstić information content (AvgIpc) is 2.71. The fourth-order valence-corrected chi connectivity index (χ4v) is 5.55. The molecule has 0 atom stereocenters. The summed E-state index contributed by atoms with van der Waals surface area (Å²) >= 11 is 1.24. The molecule has 0 radical (unpaired) electrons. The Balaban J connectivity index is 1.61. The van der Waals surface area contributed by atoms with Crippen molar-refractivity contribution in [3.63, 3.8) is 0 Å². The van der Waals surface area contributed by atoms with E-state index in [9.17, 15) is 23.3 Å². The normalized spacial score (nSPS) is 15.2. The molecule has 10 nitrogen and oxygen atoms in total. The van der Waals surface area contributed by atoms with Gasteiger partial charge >= 0.3 is 0 Å². The van der Waals surface area contributed by atoms with E-state index in [0.29, 0.717) is 5.16 Å². The van der Waals surface area contributed by atoms with E-state index >= 15 is 0 Å². The van der Waals surface area contributed by atoms with Crippen LogP contribution in [0.3, 0.4) is 0 Å². The van der Waals surface area contributed by atoms with E-state index in [1.807, 2.05) is 19.9 Å². The van der Waals surface area contributed by atoms with Gasteiger partial charge in [-0.25, -0.2) is 18.4 Å². The summed E-state index contributed by atoms with van der Waals surface area (Å²) in [5.41, 5.74) is 1.19. The fourth-order valence-electron chi connectivity index (χ4n) is 3.12. The lowest BCUT2D eigenvalue weighted by atomic mass is 10.3. The number of carbonyl (C=O) groups excluding carboxylic acids is 1. The lowest BCUT2D eigenvalue weighted by molar-refractivity contribution is -0.387. The van der Waals surface area contributed by atoms with Crippen LogP contribution in [0.4, 0.5) is 5.69 Å². The first-order valence-corrected chi connectivity index (χ1v) is 11.6. The van der Waals surface area contributed by atoms with E-state index in [2.05, 4.69) is 9.97 Å². The molecule has 160 valence electrons. The molecule has 3 rings (SSSR count). The summed E-state index contributed by atoms with van der Waals surface area (Å²) in [6, 6.07) is 7.11. The van der Waals surface area contributed by atoms with Crippen LogP contribution in [-0.4, -0.2) is 70.4 Å². The van der Waals surface area contributed by atoms with Gasteiger partial charge in [-0.05, 0) is 26.0 Å². The maximum atomic E-state index is 12.9. The molecule has 1 amide bonds. The van der Waals surface area contributed by atoms with Crippen molar-refractivity contribution >= 4 is 33.4 Å². The van der Waals surface area contributed by atoms with E-state index < -0.39 is 20.6 Å². The molecule has 12 heteroatoms. The number of benzene rings is 1. The van der Waals surface area contributed by atoms with Crippen molar-refractivity contribution < 1.29 is 18.1 Å². The molecule has 0 N–H and O–H groups in total. The molecule has 1 aliphatic rings. The lowest BCUT2D eigenvalue weighted by Crippen LogP contribution is -2.51. The van der Waals surface area contributed by atoms with Gasteiger partial charge in [0.2, 0.25) is 15.9 Å². The van der Waals surface area contributed by atoms with Crippen LogP contribution in [0.2, 0.25) is 0 Å². The zero-order valence-corrected chi connectivity index (χ0v) is 18.1. The third kappa shape index (κ3) is 4.94. The molecule has 1 fully saturated rings. The number of rotatable bonds is 6. The molecule has 0 bridgehead atoms. The molecular weight excluding hydrogens is 430 g/mol. The predicted molar refractivity (Wildman–Crippen MR) is 111 cm³/mol. The van der Waals surface area contributed by atoms with E-state index in [4.69, 9.17) is 0 Å². The van der Waals surface area contributed by atoms with Gasteiger partial charge in [-0.3, -0.25) is 14.9 Å². The van der Waals surface area contributed by atoms with Gasteiger partial charge in [0.25, 0.3) is 5.69 Å². The van der Waals surface area contributed by atoms with Crippen LogP contribution in [0.1, 0.15) is 11.4 Å². The third-order valence-electron chi connectivity index (χ3n) is 4.56. The Kier molecular flexibility index (Phi) is 6.68. The number of piperazine rings is 1. The number of para-hydroxylation sites is 1. The molecule has 0 unspecified atom stereocenters. The van der Waals surface area contributed by atoms with Crippen LogP contribution in [0.5, 0.6) is 0 Å². The van der Waals surface area contributed by atoms with Gasteiger partial charge in [0.15, 0.2) is 10.1 Å². The van der Waals surface area contributed by atoms with Gasteiger partial charge in [-0.2, -0.15) is 4.31 Å². The Morgan fingerprint density at radius 3 is 2.33 bits per heavy atom. The van der Waals surface area contributed by atoms with Crippen LogP contribution in [0, 0.1) is 24.0 Å². The summed E-state index contributed by atoms with van der Waals surface area (Å²) in [7, 11) is -4.02. The maximum Gasteiger partial charge on any atom is 0.289 e. The number of nitrogens with zero attached hydrogens (tertiary/aromatic N) is 5. The topological polar surface area (TPSA) is 127 Å². The molecule has 1 aliphatic heterocycles.